The average molecular weight is 301 g/mol. The molecule has 1 radical (unpaired) electrons. The zero-order chi connectivity index (χ0) is 15.8. The van der Waals surface area contributed by atoms with Crippen LogP contribution in [-0.2, 0) is 9.47 Å². The van der Waals surface area contributed by atoms with Crippen molar-refractivity contribution in [3.8, 4) is 0 Å². The van der Waals surface area contributed by atoms with E-state index in [9.17, 15) is 9.59 Å². The van der Waals surface area contributed by atoms with Crippen molar-refractivity contribution in [2.45, 2.75) is 51.9 Å². The normalized spacial score (nSPS) is 10.0. The molecular weight excluding hydrogens is 272 g/mol. The van der Waals surface area contributed by atoms with Crippen LogP contribution in [0.15, 0.2) is 0 Å². The van der Waals surface area contributed by atoms with Crippen molar-refractivity contribution in [3.63, 3.8) is 0 Å². The Bertz CT molecular complexity index is 246. The molecule has 2 amide bonds. The third-order valence-electron chi connectivity index (χ3n) is 2.75. The van der Waals surface area contributed by atoms with Gasteiger partial charge in [-0.1, -0.05) is 26.7 Å². The van der Waals surface area contributed by atoms with Gasteiger partial charge in [-0.2, -0.15) is 0 Å². The summed E-state index contributed by atoms with van der Waals surface area (Å²) in [5.41, 5.74) is 0. The van der Waals surface area contributed by atoms with Crippen LogP contribution in [0.1, 0.15) is 51.9 Å². The maximum absolute atomic E-state index is 11.2. The fourth-order valence-corrected chi connectivity index (χ4v) is 1.49. The molecular formula is C15H29N2O4. The van der Waals surface area contributed by atoms with E-state index in [-0.39, 0.29) is 12.2 Å². The summed E-state index contributed by atoms with van der Waals surface area (Å²) < 4.78 is 9.96. The molecule has 0 spiro atoms. The first-order valence-corrected chi connectivity index (χ1v) is 7.81. The Labute approximate surface area is 127 Å². The number of nitrogens with one attached hydrogen (secondary N) is 2. The van der Waals surface area contributed by atoms with Crippen molar-refractivity contribution in [1.82, 2.24) is 10.6 Å². The average Bonchev–Trinajstić information content (AvgIpc) is 2.47. The van der Waals surface area contributed by atoms with Crippen LogP contribution in [0.3, 0.4) is 0 Å². The van der Waals surface area contributed by atoms with Crippen LogP contribution < -0.4 is 10.6 Å². The summed E-state index contributed by atoms with van der Waals surface area (Å²) in [5, 5.41) is 5.34. The highest BCUT2D eigenvalue weighted by Crippen LogP contribution is 1.96. The van der Waals surface area contributed by atoms with Crippen molar-refractivity contribution < 1.29 is 19.1 Å². The molecule has 0 aromatic rings. The fourth-order valence-electron chi connectivity index (χ4n) is 1.49. The van der Waals surface area contributed by atoms with Gasteiger partial charge in [-0.15, -0.1) is 0 Å². The van der Waals surface area contributed by atoms with Gasteiger partial charge in [0.1, 0.15) is 0 Å². The zero-order valence-corrected chi connectivity index (χ0v) is 13.1. The number of ether oxygens (including phenoxy) is 2. The van der Waals surface area contributed by atoms with Crippen molar-refractivity contribution in [2.75, 3.05) is 26.3 Å². The monoisotopic (exact) mass is 301 g/mol. The summed E-state index contributed by atoms with van der Waals surface area (Å²) in [6, 6.07) is 0. The van der Waals surface area contributed by atoms with Gasteiger partial charge in [0.15, 0.2) is 0 Å². The topological polar surface area (TPSA) is 76.7 Å². The highest BCUT2D eigenvalue weighted by molar-refractivity contribution is 5.67. The van der Waals surface area contributed by atoms with Crippen LogP contribution in [0.4, 0.5) is 9.59 Å². The predicted molar refractivity (Wildman–Crippen MR) is 82.1 cm³/mol. The third-order valence-corrected chi connectivity index (χ3v) is 2.75. The molecule has 123 valence electrons. The lowest BCUT2D eigenvalue weighted by Crippen LogP contribution is -2.26. The van der Waals surface area contributed by atoms with E-state index in [0.717, 1.165) is 44.9 Å². The number of hydrogen-bond donors (Lipinski definition) is 2. The first-order chi connectivity index (χ1) is 10.2. The standard InChI is InChI=1S/C15H29N2O4/c1-3-5-10-16-14(18)21-13-9-7-8-11-17-15(19)20-12-6-4-2/h1,3-13H2,2H3,(H,16,18)(H,17,19). The van der Waals surface area contributed by atoms with Gasteiger partial charge < -0.3 is 20.1 Å². The van der Waals surface area contributed by atoms with Crippen molar-refractivity contribution >= 4 is 12.2 Å². The molecule has 0 saturated heterocycles. The van der Waals surface area contributed by atoms with Crippen molar-refractivity contribution in [1.29, 1.82) is 0 Å². The van der Waals surface area contributed by atoms with Crippen LogP contribution >= 0.6 is 0 Å². The zero-order valence-electron chi connectivity index (χ0n) is 13.1. The van der Waals surface area contributed by atoms with Crippen molar-refractivity contribution in [3.05, 3.63) is 6.92 Å². The summed E-state index contributed by atoms with van der Waals surface area (Å²) in [4.78, 5) is 22.4. The molecule has 6 nitrogen and oxygen atoms in total. The van der Waals surface area contributed by atoms with E-state index >= 15 is 0 Å². The molecule has 0 fully saturated rings. The van der Waals surface area contributed by atoms with E-state index in [2.05, 4.69) is 17.6 Å². The van der Waals surface area contributed by atoms with Crippen LogP contribution in [0.25, 0.3) is 0 Å². The molecule has 0 aliphatic rings. The Balaban J connectivity index is 3.24. The number of alkyl carbamates (subject to hydrolysis) is 2. The second-order valence-electron chi connectivity index (χ2n) is 4.75. The van der Waals surface area contributed by atoms with E-state index < -0.39 is 0 Å². The van der Waals surface area contributed by atoms with Gasteiger partial charge in [0, 0.05) is 13.1 Å². The summed E-state index contributed by atoms with van der Waals surface area (Å²) >= 11 is 0. The van der Waals surface area contributed by atoms with Gasteiger partial charge in [0.25, 0.3) is 0 Å². The Morgan fingerprint density at radius 3 is 2.00 bits per heavy atom. The van der Waals surface area contributed by atoms with Gasteiger partial charge >= 0.3 is 12.2 Å². The quantitative estimate of drug-likeness (QED) is 0.543. The maximum Gasteiger partial charge on any atom is 0.407 e. The first kappa shape index (κ1) is 19.5. The van der Waals surface area contributed by atoms with Gasteiger partial charge in [0.05, 0.1) is 13.2 Å². The molecule has 0 rings (SSSR count). The molecule has 2 N–H and O–H groups in total. The van der Waals surface area contributed by atoms with Crippen LogP contribution in [-0.4, -0.2) is 38.5 Å². The van der Waals surface area contributed by atoms with E-state index in [0.29, 0.717) is 26.3 Å². The Morgan fingerprint density at radius 2 is 1.43 bits per heavy atom. The second-order valence-corrected chi connectivity index (χ2v) is 4.75. The molecule has 21 heavy (non-hydrogen) atoms. The number of carbonyl (C=O) groups excluding carboxylic acids is 2. The minimum absolute atomic E-state index is 0.357. The molecule has 0 aliphatic carbocycles. The summed E-state index contributed by atoms with van der Waals surface area (Å²) in [7, 11) is 0. The van der Waals surface area contributed by atoms with Crippen LogP contribution in [0.5, 0.6) is 0 Å². The molecule has 0 aromatic heterocycles. The number of carbonyl (C=O) groups is 2. The molecule has 0 aromatic carbocycles. The molecule has 6 heteroatoms. The van der Waals surface area contributed by atoms with E-state index in [1.165, 1.54) is 0 Å². The molecule has 0 heterocycles. The van der Waals surface area contributed by atoms with E-state index in [4.69, 9.17) is 9.47 Å². The van der Waals surface area contributed by atoms with Crippen LogP contribution in [0.2, 0.25) is 0 Å². The van der Waals surface area contributed by atoms with Crippen LogP contribution in [0, 0.1) is 6.92 Å². The Hall–Kier alpha value is -1.46. The third kappa shape index (κ3) is 14.8. The van der Waals surface area contributed by atoms with Gasteiger partial charge in [-0.05, 0) is 32.1 Å². The molecule has 0 atom stereocenters. The molecule has 0 bridgehead atoms. The molecule has 0 aliphatic heterocycles. The fraction of sp³-hybridized carbons (Fsp3) is 0.800. The Morgan fingerprint density at radius 1 is 0.857 bits per heavy atom. The van der Waals surface area contributed by atoms with Gasteiger partial charge in [-0.25, -0.2) is 9.59 Å². The highest BCUT2D eigenvalue weighted by atomic mass is 16.6. The summed E-state index contributed by atoms with van der Waals surface area (Å²) in [6.45, 7) is 7.79. The predicted octanol–water partition coefficient (Wildman–Crippen LogP) is 3.02. The van der Waals surface area contributed by atoms with Crippen molar-refractivity contribution in [2.24, 2.45) is 0 Å². The lowest BCUT2D eigenvalue weighted by Gasteiger charge is -2.07. The number of amides is 2. The summed E-state index contributed by atoms with van der Waals surface area (Å²) in [5.74, 6) is 0. The lowest BCUT2D eigenvalue weighted by atomic mass is 10.2. The Kier molecular flexibility index (Phi) is 13.9. The molecule has 0 unspecified atom stereocenters. The van der Waals surface area contributed by atoms with Gasteiger partial charge in [-0.3, -0.25) is 0 Å². The molecule has 0 saturated carbocycles. The lowest BCUT2D eigenvalue weighted by molar-refractivity contribution is 0.142. The maximum atomic E-state index is 11.2. The smallest absolute Gasteiger partial charge is 0.407 e. The minimum atomic E-state index is -0.374. The second kappa shape index (κ2) is 14.9. The van der Waals surface area contributed by atoms with E-state index in [1.807, 2.05) is 6.92 Å². The first-order valence-electron chi connectivity index (χ1n) is 7.81. The SMILES string of the molecule is [CH2]CCCNC(=O)OCCCCCNC(=O)OCCCC. The largest absolute Gasteiger partial charge is 0.450 e. The number of hydrogen-bond acceptors (Lipinski definition) is 4. The highest BCUT2D eigenvalue weighted by Gasteiger charge is 2.01. The minimum Gasteiger partial charge on any atom is -0.450 e. The van der Waals surface area contributed by atoms with Gasteiger partial charge in [0.2, 0.25) is 0 Å². The van der Waals surface area contributed by atoms with E-state index in [1.54, 1.807) is 0 Å². The number of rotatable bonds is 12. The summed E-state index contributed by atoms with van der Waals surface area (Å²) in [6.07, 6.45) is 5.35. The number of unbranched alkanes of at least 4 members (excludes halogenated alkanes) is 4.